The first-order valence-electron chi connectivity index (χ1n) is 7.26. The lowest BCUT2D eigenvalue weighted by atomic mass is 9.90. The van der Waals surface area contributed by atoms with Crippen LogP contribution in [0.25, 0.3) is 0 Å². The monoisotopic (exact) mass is 290 g/mol. The Balaban J connectivity index is 2.98. The Hall–Kier alpha value is -1.84. The van der Waals surface area contributed by atoms with Gasteiger partial charge in [0.2, 0.25) is 11.8 Å². The molecule has 0 saturated carbocycles. The van der Waals surface area contributed by atoms with Crippen molar-refractivity contribution in [2.75, 3.05) is 5.32 Å². The maximum Gasteiger partial charge on any atom is 0.239 e. The lowest BCUT2D eigenvalue weighted by Gasteiger charge is -2.25. The van der Waals surface area contributed by atoms with Gasteiger partial charge in [0.1, 0.15) is 5.41 Å². The average Bonchev–Trinajstić information content (AvgIpc) is 2.32. The van der Waals surface area contributed by atoms with Crippen LogP contribution in [-0.2, 0) is 9.59 Å². The van der Waals surface area contributed by atoms with Gasteiger partial charge in [0.25, 0.3) is 0 Å². The molecule has 1 aromatic rings. The van der Waals surface area contributed by atoms with Crippen LogP contribution in [0.15, 0.2) is 12.1 Å². The van der Waals surface area contributed by atoms with Crippen molar-refractivity contribution in [3.05, 3.63) is 28.8 Å². The number of aryl methyl sites for hydroxylation is 3. The normalized spacial score (nSPS) is 11.4. The molecular weight excluding hydrogens is 264 g/mol. The van der Waals surface area contributed by atoms with Gasteiger partial charge in [0.05, 0.1) is 0 Å². The van der Waals surface area contributed by atoms with E-state index in [0.29, 0.717) is 0 Å². The van der Waals surface area contributed by atoms with E-state index in [2.05, 4.69) is 10.6 Å². The second-order valence-electron chi connectivity index (χ2n) is 6.48. The highest BCUT2D eigenvalue weighted by molar-refractivity contribution is 6.10. The highest BCUT2D eigenvalue weighted by atomic mass is 16.2. The first-order valence-corrected chi connectivity index (χ1v) is 7.26. The van der Waals surface area contributed by atoms with Gasteiger partial charge in [-0.2, -0.15) is 0 Å². The fraction of sp³-hybridized carbons (Fsp3) is 0.529. The maximum absolute atomic E-state index is 12.5. The van der Waals surface area contributed by atoms with Gasteiger partial charge in [0, 0.05) is 11.7 Å². The van der Waals surface area contributed by atoms with E-state index in [1.54, 1.807) is 13.8 Å². The number of carbonyl (C=O) groups excluding carboxylic acids is 2. The van der Waals surface area contributed by atoms with Gasteiger partial charge < -0.3 is 10.6 Å². The van der Waals surface area contributed by atoms with Crippen LogP contribution in [0.4, 0.5) is 5.69 Å². The summed E-state index contributed by atoms with van der Waals surface area (Å²) in [5, 5.41) is 5.69. The Labute approximate surface area is 127 Å². The molecule has 0 aliphatic carbocycles. The second kappa shape index (κ2) is 6.29. The number of hydrogen-bond donors (Lipinski definition) is 2. The topological polar surface area (TPSA) is 58.2 Å². The zero-order chi connectivity index (χ0) is 16.4. The smallest absolute Gasteiger partial charge is 0.239 e. The van der Waals surface area contributed by atoms with Gasteiger partial charge in [-0.3, -0.25) is 9.59 Å². The van der Waals surface area contributed by atoms with E-state index in [1.165, 1.54) is 0 Å². The summed E-state index contributed by atoms with van der Waals surface area (Å²) in [6.45, 7) is 13.0. The predicted molar refractivity (Wildman–Crippen MR) is 86.3 cm³/mol. The van der Waals surface area contributed by atoms with Crippen molar-refractivity contribution >= 4 is 17.5 Å². The fourth-order valence-electron chi connectivity index (χ4n) is 2.19. The van der Waals surface area contributed by atoms with Gasteiger partial charge in [-0.15, -0.1) is 0 Å². The molecule has 2 N–H and O–H groups in total. The summed E-state index contributed by atoms with van der Waals surface area (Å²) in [6.07, 6.45) is 0. The molecule has 0 fully saturated rings. The second-order valence-corrected chi connectivity index (χ2v) is 6.48. The molecule has 0 unspecified atom stereocenters. The molecule has 0 aliphatic rings. The van der Waals surface area contributed by atoms with Gasteiger partial charge in [0.15, 0.2) is 0 Å². The Bertz CT molecular complexity index is 537. The number of rotatable bonds is 4. The van der Waals surface area contributed by atoms with Crippen molar-refractivity contribution in [1.82, 2.24) is 5.32 Å². The highest BCUT2D eigenvalue weighted by Gasteiger charge is 2.36. The van der Waals surface area contributed by atoms with E-state index in [0.717, 1.165) is 22.4 Å². The Kier molecular flexibility index (Phi) is 5.15. The molecule has 116 valence electrons. The van der Waals surface area contributed by atoms with E-state index in [9.17, 15) is 9.59 Å². The van der Waals surface area contributed by atoms with Crippen LogP contribution in [-0.4, -0.2) is 17.9 Å². The molecule has 2 amide bonds. The highest BCUT2D eigenvalue weighted by Crippen LogP contribution is 2.25. The first kappa shape index (κ1) is 17.2. The van der Waals surface area contributed by atoms with Crippen molar-refractivity contribution < 1.29 is 9.59 Å². The minimum absolute atomic E-state index is 0.00687. The van der Waals surface area contributed by atoms with Crippen LogP contribution >= 0.6 is 0 Å². The van der Waals surface area contributed by atoms with Crippen molar-refractivity contribution in [3.63, 3.8) is 0 Å². The third-order valence-electron chi connectivity index (χ3n) is 3.47. The fourth-order valence-corrected chi connectivity index (χ4v) is 2.19. The van der Waals surface area contributed by atoms with E-state index < -0.39 is 5.41 Å². The zero-order valence-electron chi connectivity index (χ0n) is 14.0. The molecule has 0 saturated heterocycles. The molecule has 0 atom stereocenters. The summed E-state index contributed by atoms with van der Waals surface area (Å²) in [5.41, 5.74) is 2.83. The van der Waals surface area contributed by atoms with E-state index >= 15 is 0 Å². The summed E-state index contributed by atoms with van der Waals surface area (Å²) in [4.78, 5) is 24.6. The Morgan fingerprint density at radius 1 is 1.00 bits per heavy atom. The molecule has 1 rings (SSSR count). The molecule has 0 heterocycles. The Morgan fingerprint density at radius 3 is 1.90 bits per heavy atom. The third kappa shape index (κ3) is 4.06. The van der Waals surface area contributed by atoms with Crippen LogP contribution in [0.1, 0.15) is 44.4 Å². The lowest BCUT2D eigenvalue weighted by molar-refractivity contribution is -0.138. The SMILES string of the molecule is Cc1cc(C)c(NC(=O)C(C)(C)C(=O)NC(C)C)c(C)c1. The summed E-state index contributed by atoms with van der Waals surface area (Å²) in [5.74, 6) is -0.562. The van der Waals surface area contributed by atoms with E-state index in [-0.39, 0.29) is 17.9 Å². The van der Waals surface area contributed by atoms with Crippen LogP contribution in [0.2, 0.25) is 0 Å². The lowest BCUT2D eigenvalue weighted by Crippen LogP contribution is -2.47. The molecule has 0 bridgehead atoms. The van der Waals surface area contributed by atoms with Gasteiger partial charge in [-0.05, 0) is 59.6 Å². The molecule has 0 aliphatic heterocycles. The number of hydrogen-bond acceptors (Lipinski definition) is 2. The van der Waals surface area contributed by atoms with Crippen molar-refractivity contribution in [2.24, 2.45) is 5.41 Å². The number of amides is 2. The molecular formula is C17H26N2O2. The predicted octanol–water partition coefficient (Wildman–Crippen LogP) is 3.10. The molecule has 21 heavy (non-hydrogen) atoms. The summed E-state index contributed by atoms with van der Waals surface area (Å²) < 4.78 is 0. The quantitative estimate of drug-likeness (QED) is 0.837. The van der Waals surface area contributed by atoms with Crippen molar-refractivity contribution in [2.45, 2.75) is 54.5 Å². The van der Waals surface area contributed by atoms with E-state index in [1.807, 2.05) is 46.8 Å². The van der Waals surface area contributed by atoms with Gasteiger partial charge in [-0.1, -0.05) is 17.7 Å². The Morgan fingerprint density at radius 2 is 1.48 bits per heavy atom. The molecule has 0 radical (unpaired) electrons. The molecule has 0 aromatic heterocycles. The first-order chi connectivity index (χ1) is 9.55. The number of carbonyl (C=O) groups is 2. The summed E-state index contributed by atoms with van der Waals surface area (Å²) in [6, 6.07) is 4.04. The van der Waals surface area contributed by atoms with Crippen molar-refractivity contribution in [3.8, 4) is 0 Å². The molecule has 4 heteroatoms. The van der Waals surface area contributed by atoms with Crippen LogP contribution in [0, 0.1) is 26.2 Å². The number of nitrogens with one attached hydrogen (secondary N) is 2. The molecule has 4 nitrogen and oxygen atoms in total. The number of anilines is 1. The largest absolute Gasteiger partial charge is 0.353 e. The summed E-state index contributed by atoms with van der Waals surface area (Å²) >= 11 is 0. The average molecular weight is 290 g/mol. The van der Waals surface area contributed by atoms with Crippen LogP contribution in [0.3, 0.4) is 0 Å². The van der Waals surface area contributed by atoms with Crippen LogP contribution < -0.4 is 10.6 Å². The minimum atomic E-state index is -1.12. The van der Waals surface area contributed by atoms with Crippen LogP contribution in [0.5, 0.6) is 0 Å². The van der Waals surface area contributed by atoms with Crippen molar-refractivity contribution in [1.29, 1.82) is 0 Å². The minimum Gasteiger partial charge on any atom is -0.353 e. The standard InChI is InChI=1S/C17H26N2O2/c1-10(2)18-15(20)17(6,7)16(21)19-14-12(4)8-11(3)9-13(14)5/h8-10H,1-7H3,(H,18,20)(H,19,21). The zero-order valence-corrected chi connectivity index (χ0v) is 14.0. The summed E-state index contributed by atoms with van der Waals surface area (Å²) in [7, 11) is 0. The third-order valence-corrected chi connectivity index (χ3v) is 3.47. The maximum atomic E-state index is 12.5. The van der Waals surface area contributed by atoms with Gasteiger partial charge >= 0.3 is 0 Å². The number of benzene rings is 1. The van der Waals surface area contributed by atoms with E-state index in [4.69, 9.17) is 0 Å². The van der Waals surface area contributed by atoms with Gasteiger partial charge in [-0.25, -0.2) is 0 Å². The molecule has 0 spiro atoms. The molecule has 1 aromatic carbocycles.